The van der Waals surface area contributed by atoms with Crippen LogP contribution in [0.15, 0.2) is 18.2 Å². The van der Waals surface area contributed by atoms with E-state index >= 15 is 0 Å². The standard InChI is InChI=1S/C15H20O/c1-10-6-4-7-11(2)14(10)15-12(3)8-5-9-13(15)16/h4,6-7,12,15H,5,8-9H2,1-3H3. The van der Waals surface area contributed by atoms with E-state index in [9.17, 15) is 4.79 Å². The summed E-state index contributed by atoms with van der Waals surface area (Å²) in [6.45, 7) is 6.46. The van der Waals surface area contributed by atoms with E-state index in [0.717, 1.165) is 12.8 Å². The van der Waals surface area contributed by atoms with Crippen molar-refractivity contribution in [1.82, 2.24) is 0 Å². The predicted octanol–water partition coefficient (Wildman–Crippen LogP) is 3.78. The molecule has 0 aromatic heterocycles. The Hall–Kier alpha value is -1.11. The number of rotatable bonds is 1. The Bertz CT molecular complexity index is 386. The zero-order valence-corrected chi connectivity index (χ0v) is 10.4. The third-order valence-electron chi connectivity index (χ3n) is 3.85. The van der Waals surface area contributed by atoms with Gasteiger partial charge in [0.15, 0.2) is 0 Å². The topological polar surface area (TPSA) is 17.1 Å². The van der Waals surface area contributed by atoms with Gasteiger partial charge in [-0.2, -0.15) is 0 Å². The Morgan fingerprint density at radius 3 is 2.38 bits per heavy atom. The molecule has 0 bridgehead atoms. The third kappa shape index (κ3) is 1.91. The number of ketones is 1. The molecule has 1 heteroatoms. The average Bonchev–Trinajstić information content (AvgIpc) is 2.21. The van der Waals surface area contributed by atoms with E-state index in [4.69, 9.17) is 0 Å². The molecule has 0 aliphatic heterocycles. The van der Waals surface area contributed by atoms with Crippen molar-refractivity contribution in [3.8, 4) is 0 Å². The first kappa shape index (κ1) is 11.4. The van der Waals surface area contributed by atoms with E-state index in [1.807, 2.05) is 0 Å². The van der Waals surface area contributed by atoms with Crippen molar-refractivity contribution in [2.24, 2.45) is 5.92 Å². The molecule has 0 heterocycles. The fourth-order valence-corrected chi connectivity index (χ4v) is 3.00. The molecule has 0 spiro atoms. The summed E-state index contributed by atoms with van der Waals surface area (Å²) in [6.07, 6.45) is 3.02. The summed E-state index contributed by atoms with van der Waals surface area (Å²) in [6, 6.07) is 6.32. The minimum Gasteiger partial charge on any atom is -0.299 e. The number of aryl methyl sites for hydroxylation is 2. The molecule has 0 saturated heterocycles. The SMILES string of the molecule is Cc1cccc(C)c1C1C(=O)CCCC1C. The first-order chi connectivity index (χ1) is 7.61. The molecule has 1 nitrogen and oxygen atoms in total. The van der Waals surface area contributed by atoms with E-state index in [1.165, 1.54) is 23.1 Å². The number of carbonyl (C=O) groups excluding carboxylic acids is 1. The van der Waals surface area contributed by atoms with Gasteiger partial charge in [0, 0.05) is 12.3 Å². The minimum absolute atomic E-state index is 0.148. The van der Waals surface area contributed by atoms with Crippen molar-refractivity contribution in [2.75, 3.05) is 0 Å². The predicted molar refractivity (Wildman–Crippen MR) is 66.7 cm³/mol. The van der Waals surface area contributed by atoms with Crippen molar-refractivity contribution in [1.29, 1.82) is 0 Å². The zero-order chi connectivity index (χ0) is 11.7. The second kappa shape index (κ2) is 4.40. The Morgan fingerprint density at radius 2 is 1.81 bits per heavy atom. The lowest BCUT2D eigenvalue weighted by Crippen LogP contribution is -2.26. The van der Waals surface area contributed by atoms with Crippen LogP contribution in [0.4, 0.5) is 0 Å². The fourth-order valence-electron chi connectivity index (χ4n) is 3.00. The molecule has 1 aromatic rings. The molecular weight excluding hydrogens is 196 g/mol. The van der Waals surface area contributed by atoms with E-state index in [1.54, 1.807) is 0 Å². The third-order valence-corrected chi connectivity index (χ3v) is 3.85. The van der Waals surface area contributed by atoms with Crippen LogP contribution in [0.3, 0.4) is 0 Å². The van der Waals surface area contributed by atoms with Gasteiger partial charge in [0.1, 0.15) is 5.78 Å². The monoisotopic (exact) mass is 216 g/mol. The Balaban J connectivity index is 2.45. The van der Waals surface area contributed by atoms with Gasteiger partial charge < -0.3 is 0 Å². The summed E-state index contributed by atoms with van der Waals surface area (Å²) in [5.74, 6) is 1.09. The quantitative estimate of drug-likeness (QED) is 0.698. The summed E-state index contributed by atoms with van der Waals surface area (Å²) in [5.41, 5.74) is 3.83. The normalized spacial score (nSPS) is 25.8. The van der Waals surface area contributed by atoms with E-state index in [2.05, 4.69) is 39.0 Å². The van der Waals surface area contributed by atoms with Crippen molar-refractivity contribution in [3.05, 3.63) is 34.9 Å². The summed E-state index contributed by atoms with van der Waals surface area (Å²) in [4.78, 5) is 12.1. The van der Waals surface area contributed by atoms with Crippen molar-refractivity contribution < 1.29 is 4.79 Å². The number of Topliss-reactive ketones (excluding diaryl/α,β-unsaturated/α-hetero) is 1. The molecule has 86 valence electrons. The molecule has 1 aromatic carbocycles. The van der Waals surface area contributed by atoms with Crippen LogP contribution in [0, 0.1) is 19.8 Å². The fraction of sp³-hybridized carbons (Fsp3) is 0.533. The first-order valence-electron chi connectivity index (χ1n) is 6.20. The summed E-state index contributed by atoms with van der Waals surface area (Å²) in [7, 11) is 0. The number of carbonyl (C=O) groups is 1. The molecule has 2 rings (SSSR count). The van der Waals surface area contributed by atoms with Crippen LogP contribution in [0.2, 0.25) is 0 Å². The molecule has 1 saturated carbocycles. The van der Waals surface area contributed by atoms with Gasteiger partial charge in [-0.15, -0.1) is 0 Å². The average molecular weight is 216 g/mol. The van der Waals surface area contributed by atoms with E-state index < -0.39 is 0 Å². The lowest BCUT2D eigenvalue weighted by molar-refractivity contribution is -0.123. The maximum Gasteiger partial charge on any atom is 0.140 e. The molecule has 1 fully saturated rings. The molecule has 1 aliphatic rings. The maximum atomic E-state index is 12.1. The summed E-state index contributed by atoms with van der Waals surface area (Å²) < 4.78 is 0. The molecule has 16 heavy (non-hydrogen) atoms. The van der Waals surface area contributed by atoms with Crippen LogP contribution in [0.5, 0.6) is 0 Å². The highest BCUT2D eigenvalue weighted by atomic mass is 16.1. The van der Waals surface area contributed by atoms with Gasteiger partial charge in [-0.1, -0.05) is 25.1 Å². The second-order valence-electron chi connectivity index (χ2n) is 5.12. The van der Waals surface area contributed by atoms with Crippen LogP contribution in [0.1, 0.15) is 48.8 Å². The number of benzene rings is 1. The van der Waals surface area contributed by atoms with Crippen LogP contribution in [-0.2, 0) is 4.79 Å². The van der Waals surface area contributed by atoms with Crippen molar-refractivity contribution >= 4 is 5.78 Å². The highest BCUT2D eigenvalue weighted by molar-refractivity contribution is 5.87. The van der Waals surface area contributed by atoms with Gasteiger partial charge in [0.05, 0.1) is 0 Å². The molecule has 0 N–H and O–H groups in total. The summed E-state index contributed by atoms with van der Waals surface area (Å²) in [5, 5.41) is 0. The van der Waals surface area contributed by atoms with Crippen molar-refractivity contribution in [3.63, 3.8) is 0 Å². The molecule has 1 aliphatic carbocycles. The van der Waals surface area contributed by atoms with E-state index in [-0.39, 0.29) is 5.92 Å². The maximum absolute atomic E-state index is 12.1. The van der Waals surface area contributed by atoms with Gasteiger partial charge in [0.2, 0.25) is 0 Å². The summed E-state index contributed by atoms with van der Waals surface area (Å²) >= 11 is 0. The van der Waals surface area contributed by atoms with Gasteiger partial charge in [-0.05, 0) is 49.3 Å². The smallest absolute Gasteiger partial charge is 0.140 e. The molecule has 2 unspecified atom stereocenters. The van der Waals surface area contributed by atoms with Crippen LogP contribution >= 0.6 is 0 Å². The second-order valence-corrected chi connectivity index (χ2v) is 5.12. The lowest BCUT2D eigenvalue weighted by atomic mass is 9.73. The number of hydrogen-bond acceptors (Lipinski definition) is 1. The van der Waals surface area contributed by atoms with Crippen LogP contribution in [-0.4, -0.2) is 5.78 Å². The van der Waals surface area contributed by atoms with Gasteiger partial charge in [0.25, 0.3) is 0 Å². The molecule has 0 radical (unpaired) electrons. The number of hydrogen-bond donors (Lipinski definition) is 0. The molecule has 2 atom stereocenters. The zero-order valence-electron chi connectivity index (χ0n) is 10.4. The first-order valence-corrected chi connectivity index (χ1v) is 6.20. The van der Waals surface area contributed by atoms with E-state index in [0.29, 0.717) is 11.7 Å². The van der Waals surface area contributed by atoms with Crippen molar-refractivity contribution in [2.45, 2.75) is 46.0 Å². The van der Waals surface area contributed by atoms with Gasteiger partial charge in [-0.3, -0.25) is 4.79 Å². The van der Waals surface area contributed by atoms with Crippen LogP contribution in [0.25, 0.3) is 0 Å². The molecular formula is C15H20O. The Kier molecular flexibility index (Phi) is 3.13. The minimum atomic E-state index is 0.148. The highest BCUT2D eigenvalue weighted by Gasteiger charge is 2.31. The Labute approximate surface area is 97.9 Å². The Morgan fingerprint density at radius 1 is 1.19 bits per heavy atom. The highest BCUT2D eigenvalue weighted by Crippen LogP contribution is 2.37. The largest absolute Gasteiger partial charge is 0.299 e. The lowest BCUT2D eigenvalue weighted by Gasteiger charge is -2.30. The van der Waals surface area contributed by atoms with Crippen LogP contribution < -0.4 is 0 Å². The van der Waals surface area contributed by atoms with Gasteiger partial charge in [-0.25, -0.2) is 0 Å². The van der Waals surface area contributed by atoms with Gasteiger partial charge >= 0.3 is 0 Å². The molecule has 0 amide bonds.